The topological polar surface area (TPSA) is 91.7 Å². The van der Waals surface area contributed by atoms with E-state index in [-0.39, 0.29) is 23.0 Å². The molecule has 9 atom stereocenters. The molecule has 304 valence electrons. The van der Waals surface area contributed by atoms with Gasteiger partial charge < -0.3 is 20.3 Å². The third-order valence-corrected chi connectivity index (χ3v) is 19.9. The largest absolute Gasteiger partial charge is 0.481 e. The zero-order chi connectivity index (χ0) is 38.9. The first-order chi connectivity index (χ1) is 26.1. The highest BCUT2D eigenvalue weighted by Gasteiger charge is 2.69. The van der Waals surface area contributed by atoms with E-state index in [1.807, 2.05) is 23.9 Å². The standard InChI is InChI=1S/C48H72N2O4S/c1-42(2)35(33-14-23-46(24-15-33,41(51)52)32-54-40-11-7-8-30-49-40)18-21-43(3)38(42)19-22-45(5)39(43)13-12-36-37-10-9-20-48(37,28-27-44(36,45)4)50-31-29-47(53)25-16-34(55-6)17-26-47/h7-8,11,14,18,30,34,36-39,50,53H,9-10,12-13,15-17,19-29,31-32H2,1-6H3,(H,51,52)/t34-,36?,37-,38?,39?,43?,44-,45?,46?,47-,48?/m1/s1. The minimum Gasteiger partial charge on any atom is -0.481 e. The second-order valence-electron chi connectivity index (χ2n) is 21.2. The van der Waals surface area contributed by atoms with Crippen molar-refractivity contribution < 1.29 is 19.7 Å². The molecule has 0 saturated heterocycles. The number of pyridine rings is 1. The van der Waals surface area contributed by atoms with Crippen molar-refractivity contribution in [2.45, 2.75) is 167 Å². The molecular formula is C48H72N2O4S. The molecule has 1 aromatic rings. The Morgan fingerprint density at radius 1 is 0.873 bits per heavy atom. The van der Waals surface area contributed by atoms with Gasteiger partial charge in [-0.2, -0.15) is 11.8 Å². The van der Waals surface area contributed by atoms with E-state index in [0.717, 1.165) is 68.6 Å². The molecule has 8 rings (SSSR count). The van der Waals surface area contributed by atoms with Crippen LogP contribution in [0.4, 0.5) is 0 Å². The number of carbonyl (C=O) groups is 1. The average Bonchev–Trinajstić information content (AvgIpc) is 3.59. The lowest BCUT2D eigenvalue weighted by molar-refractivity contribution is -0.218. The summed E-state index contributed by atoms with van der Waals surface area (Å²) in [5.74, 6) is 2.59. The Labute approximate surface area is 336 Å². The van der Waals surface area contributed by atoms with Crippen LogP contribution >= 0.6 is 11.8 Å². The van der Waals surface area contributed by atoms with Gasteiger partial charge in [-0.1, -0.05) is 59.3 Å². The van der Waals surface area contributed by atoms with Crippen LogP contribution in [0.2, 0.25) is 0 Å². The molecule has 55 heavy (non-hydrogen) atoms. The molecule has 1 aromatic heterocycles. The average molecular weight is 773 g/mol. The number of nitrogens with one attached hydrogen (secondary N) is 1. The fourth-order valence-electron chi connectivity index (χ4n) is 15.4. The minimum absolute atomic E-state index is 0.0430. The van der Waals surface area contributed by atoms with Crippen LogP contribution in [0.1, 0.15) is 150 Å². The number of allylic oxidation sites excluding steroid dienone is 4. The maximum atomic E-state index is 12.7. The van der Waals surface area contributed by atoms with Crippen LogP contribution in [-0.4, -0.2) is 57.0 Å². The number of thioether (sulfide) groups is 1. The molecule has 5 saturated carbocycles. The number of nitrogens with zero attached hydrogens (tertiary/aromatic N) is 1. The number of hydrogen-bond acceptors (Lipinski definition) is 6. The van der Waals surface area contributed by atoms with Crippen LogP contribution in [-0.2, 0) is 4.79 Å². The molecule has 0 amide bonds. The SMILES string of the molecule is CS[C@H]1CC[C@@](O)(CCNC23CCC[C@@H]2C2CCC4C5(C)CC=C(C6=CCC(COc7ccccn7)(C(=O)O)CC6)C(C)(C)C5CCC4(C)[C@]2(C)CC3)CC1. The van der Waals surface area contributed by atoms with Gasteiger partial charge in [0.2, 0.25) is 5.88 Å². The van der Waals surface area contributed by atoms with E-state index in [2.05, 4.69) is 63.3 Å². The Morgan fingerprint density at radius 3 is 2.36 bits per heavy atom. The van der Waals surface area contributed by atoms with E-state index < -0.39 is 17.0 Å². The Balaban J connectivity index is 0.973. The van der Waals surface area contributed by atoms with Crippen LogP contribution in [0.15, 0.2) is 47.7 Å². The smallest absolute Gasteiger partial charge is 0.313 e. The van der Waals surface area contributed by atoms with Crippen molar-refractivity contribution in [2.24, 2.45) is 50.7 Å². The second kappa shape index (κ2) is 14.5. The minimum atomic E-state index is -0.920. The third-order valence-electron chi connectivity index (χ3n) is 18.7. The molecule has 0 aliphatic heterocycles. The molecule has 7 aliphatic rings. The number of hydrogen-bond donors (Lipinski definition) is 3. The lowest BCUT2D eigenvalue weighted by atomic mass is 9.33. The number of carboxylic acids is 1. The van der Waals surface area contributed by atoms with Crippen molar-refractivity contribution in [1.29, 1.82) is 0 Å². The van der Waals surface area contributed by atoms with Crippen molar-refractivity contribution in [3.05, 3.63) is 47.7 Å². The normalized spacial score (nSPS) is 44.9. The number of aliphatic carboxylic acids is 1. The molecule has 7 heteroatoms. The van der Waals surface area contributed by atoms with Gasteiger partial charge in [0.05, 0.1) is 5.60 Å². The van der Waals surface area contributed by atoms with E-state index in [9.17, 15) is 15.0 Å². The predicted molar refractivity (Wildman–Crippen MR) is 224 cm³/mol. The summed E-state index contributed by atoms with van der Waals surface area (Å²) in [4.78, 5) is 16.9. The Kier molecular flexibility index (Phi) is 10.5. The van der Waals surface area contributed by atoms with Crippen molar-refractivity contribution >= 4 is 17.7 Å². The molecule has 0 radical (unpaired) electrons. The lowest BCUT2D eigenvalue weighted by Crippen LogP contribution is -2.67. The van der Waals surface area contributed by atoms with Gasteiger partial charge in [0.1, 0.15) is 12.0 Å². The van der Waals surface area contributed by atoms with Crippen molar-refractivity contribution in [3.8, 4) is 5.88 Å². The van der Waals surface area contributed by atoms with Gasteiger partial charge in [0, 0.05) is 23.1 Å². The van der Waals surface area contributed by atoms with Gasteiger partial charge in [-0.25, -0.2) is 4.98 Å². The molecule has 6 nitrogen and oxygen atoms in total. The Hall–Kier alpha value is -1.83. The Bertz CT molecular complexity index is 1650. The second-order valence-corrected chi connectivity index (χ2v) is 22.3. The predicted octanol–water partition coefficient (Wildman–Crippen LogP) is 10.8. The van der Waals surface area contributed by atoms with Gasteiger partial charge in [-0.05, 0) is 184 Å². The number of fused-ring (bicyclic) bond motifs is 7. The monoisotopic (exact) mass is 773 g/mol. The highest BCUT2D eigenvalue weighted by Crippen LogP contribution is 2.76. The molecule has 7 unspecified atom stereocenters. The maximum absolute atomic E-state index is 12.7. The van der Waals surface area contributed by atoms with E-state index in [1.165, 1.54) is 68.9 Å². The van der Waals surface area contributed by atoms with Crippen LogP contribution in [0.25, 0.3) is 0 Å². The summed E-state index contributed by atoms with van der Waals surface area (Å²) in [6.07, 6.45) is 29.0. The van der Waals surface area contributed by atoms with Crippen LogP contribution in [0.3, 0.4) is 0 Å². The highest BCUT2D eigenvalue weighted by molar-refractivity contribution is 7.99. The maximum Gasteiger partial charge on any atom is 0.313 e. The van der Waals surface area contributed by atoms with Crippen molar-refractivity contribution in [1.82, 2.24) is 10.3 Å². The van der Waals surface area contributed by atoms with Gasteiger partial charge >= 0.3 is 5.97 Å². The molecule has 7 aliphatic carbocycles. The first-order valence-corrected chi connectivity index (χ1v) is 23.6. The number of ether oxygens (including phenoxy) is 1. The third kappa shape index (κ3) is 6.50. The van der Waals surface area contributed by atoms with Gasteiger partial charge in [-0.15, -0.1) is 0 Å². The summed E-state index contributed by atoms with van der Waals surface area (Å²) >= 11 is 1.98. The molecule has 1 heterocycles. The van der Waals surface area contributed by atoms with E-state index >= 15 is 0 Å². The first-order valence-electron chi connectivity index (χ1n) is 22.3. The molecule has 3 N–H and O–H groups in total. The summed E-state index contributed by atoms with van der Waals surface area (Å²) in [6.45, 7) is 14.3. The van der Waals surface area contributed by atoms with Crippen molar-refractivity contribution in [3.63, 3.8) is 0 Å². The number of aromatic nitrogens is 1. The summed E-state index contributed by atoms with van der Waals surface area (Å²) in [5, 5.41) is 26.9. The summed E-state index contributed by atoms with van der Waals surface area (Å²) < 4.78 is 5.95. The van der Waals surface area contributed by atoms with Gasteiger partial charge in [0.15, 0.2) is 0 Å². The zero-order valence-electron chi connectivity index (χ0n) is 35.1. The molecule has 0 bridgehead atoms. The number of aliphatic hydroxyl groups is 1. The molecule has 5 fully saturated rings. The number of rotatable bonds is 10. The quantitative estimate of drug-likeness (QED) is 0.218. The Morgan fingerprint density at radius 2 is 1.67 bits per heavy atom. The van der Waals surface area contributed by atoms with Crippen LogP contribution in [0, 0.1) is 50.7 Å². The molecular weight excluding hydrogens is 701 g/mol. The fourth-order valence-corrected chi connectivity index (χ4v) is 16.1. The van der Waals surface area contributed by atoms with Crippen LogP contribution < -0.4 is 10.1 Å². The van der Waals surface area contributed by atoms with E-state index in [4.69, 9.17) is 4.74 Å². The van der Waals surface area contributed by atoms with Gasteiger partial charge in [0.25, 0.3) is 0 Å². The summed E-state index contributed by atoms with van der Waals surface area (Å²) in [7, 11) is 0. The summed E-state index contributed by atoms with van der Waals surface area (Å²) in [6, 6.07) is 5.52. The molecule has 0 aromatic carbocycles. The number of carboxylic acid groups (broad SMARTS) is 1. The van der Waals surface area contributed by atoms with Crippen LogP contribution in [0.5, 0.6) is 5.88 Å². The van der Waals surface area contributed by atoms with Gasteiger partial charge in [-0.3, -0.25) is 4.79 Å². The van der Waals surface area contributed by atoms with E-state index in [0.29, 0.717) is 41.4 Å². The van der Waals surface area contributed by atoms with Crippen molar-refractivity contribution in [2.75, 3.05) is 19.4 Å². The highest BCUT2D eigenvalue weighted by atomic mass is 32.2. The lowest BCUT2D eigenvalue weighted by Gasteiger charge is -2.72. The summed E-state index contributed by atoms with van der Waals surface area (Å²) in [5.41, 5.74) is 2.74. The zero-order valence-corrected chi connectivity index (χ0v) is 35.9. The van der Waals surface area contributed by atoms with E-state index in [1.54, 1.807) is 12.3 Å². The first kappa shape index (κ1) is 40.0. The fraction of sp³-hybridized carbons (Fsp3) is 0.792. The molecule has 0 spiro atoms.